The monoisotopic (exact) mass is 144 g/mol. The van der Waals surface area contributed by atoms with Gasteiger partial charge >= 0.3 is 0 Å². The maximum absolute atomic E-state index is 4.25. The molecule has 11 heavy (non-hydrogen) atoms. The van der Waals surface area contributed by atoms with Crippen molar-refractivity contribution in [2.45, 2.75) is 6.42 Å². The molecule has 0 N–H and O–H groups in total. The first kappa shape index (κ1) is 5.47. The second kappa shape index (κ2) is 1.70. The Bertz CT molecular complexity index is 369. The Morgan fingerprint density at radius 3 is 2.09 bits per heavy atom. The van der Waals surface area contributed by atoms with E-state index in [9.17, 15) is 0 Å². The summed E-state index contributed by atoms with van der Waals surface area (Å²) in [6.07, 6.45) is 9.30. The van der Waals surface area contributed by atoms with Gasteiger partial charge in [0.25, 0.3) is 0 Å². The van der Waals surface area contributed by atoms with Crippen molar-refractivity contribution in [1.29, 1.82) is 0 Å². The van der Waals surface area contributed by atoms with Crippen molar-refractivity contribution in [2.24, 2.45) is 11.8 Å². The first-order chi connectivity index (χ1) is 5.43. The average molecular weight is 144 g/mol. The second-order valence-electron chi connectivity index (χ2n) is 3.22. The molecule has 0 saturated heterocycles. The van der Waals surface area contributed by atoms with Crippen LogP contribution in [-0.4, -0.2) is 9.97 Å². The Morgan fingerprint density at radius 1 is 1.00 bits per heavy atom. The Balaban J connectivity index is 2.42. The van der Waals surface area contributed by atoms with Crippen molar-refractivity contribution in [2.75, 3.05) is 0 Å². The van der Waals surface area contributed by atoms with Crippen LogP contribution in [0.5, 0.6) is 0 Å². The summed E-state index contributed by atoms with van der Waals surface area (Å²) in [7, 11) is 0. The highest BCUT2D eigenvalue weighted by atomic mass is 14.8. The van der Waals surface area contributed by atoms with E-state index in [1.54, 1.807) is 12.4 Å². The zero-order valence-corrected chi connectivity index (χ0v) is 6.07. The fourth-order valence-corrected chi connectivity index (χ4v) is 1.64. The SMILES string of the molecule is C1=c2nccnc2=CC2CC12. The van der Waals surface area contributed by atoms with Gasteiger partial charge in [0, 0.05) is 12.4 Å². The number of nitrogens with zero attached hydrogens (tertiary/aromatic N) is 2. The smallest absolute Gasteiger partial charge is 0.0846 e. The first-order valence-electron chi connectivity index (χ1n) is 3.94. The van der Waals surface area contributed by atoms with Gasteiger partial charge in [-0.3, -0.25) is 9.97 Å². The van der Waals surface area contributed by atoms with E-state index in [1.165, 1.54) is 6.42 Å². The quantitative estimate of drug-likeness (QED) is 0.499. The van der Waals surface area contributed by atoms with Crippen LogP contribution in [0.3, 0.4) is 0 Å². The minimum absolute atomic E-state index is 0.777. The predicted octanol–water partition coefficient (Wildman–Crippen LogP) is -0.313. The molecule has 54 valence electrons. The summed E-state index contributed by atoms with van der Waals surface area (Å²) in [6.45, 7) is 0. The highest BCUT2D eigenvalue weighted by molar-refractivity contribution is 5.46. The topological polar surface area (TPSA) is 25.8 Å². The molecule has 1 saturated carbocycles. The number of hydrogen-bond acceptors (Lipinski definition) is 2. The lowest BCUT2D eigenvalue weighted by molar-refractivity contribution is 0.991. The second-order valence-corrected chi connectivity index (χ2v) is 3.22. The molecule has 1 fully saturated rings. The summed E-state index contributed by atoms with van der Waals surface area (Å²) in [5, 5.41) is 2.15. The van der Waals surface area contributed by atoms with Crippen molar-refractivity contribution in [3.8, 4) is 0 Å². The van der Waals surface area contributed by atoms with Crippen LogP contribution in [0, 0.1) is 11.8 Å². The zero-order chi connectivity index (χ0) is 7.26. The highest BCUT2D eigenvalue weighted by Gasteiger charge is 2.34. The lowest BCUT2D eigenvalue weighted by atomic mass is 10.2. The Morgan fingerprint density at radius 2 is 1.55 bits per heavy atom. The molecule has 2 aliphatic rings. The van der Waals surface area contributed by atoms with Crippen molar-refractivity contribution < 1.29 is 0 Å². The third-order valence-corrected chi connectivity index (χ3v) is 2.39. The largest absolute Gasteiger partial charge is 0.253 e. The maximum atomic E-state index is 4.25. The standard InChI is InChI=1S/C9H8N2/c1-2-11-9-5-7-3-6(7)4-8(9)10-1/h1-2,4-7H,3H2. The number of rotatable bonds is 0. The molecule has 0 spiro atoms. The molecule has 0 bridgehead atoms. The minimum Gasteiger partial charge on any atom is -0.253 e. The van der Waals surface area contributed by atoms with Gasteiger partial charge in [-0.15, -0.1) is 0 Å². The van der Waals surface area contributed by atoms with Crippen LogP contribution < -0.4 is 10.7 Å². The first-order valence-corrected chi connectivity index (χ1v) is 3.94. The molecule has 3 rings (SSSR count). The summed E-state index contributed by atoms with van der Waals surface area (Å²) in [6, 6.07) is 0. The van der Waals surface area contributed by atoms with Crippen LogP contribution in [0.4, 0.5) is 0 Å². The van der Waals surface area contributed by atoms with E-state index in [-0.39, 0.29) is 0 Å². The molecule has 0 amide bonds. The van der Waals surface area contributed by atoms with Crippen LogP contribution >= 0.6 is 0 Å². The van der Waals surface area contributed by atoms with E-state index in [0.717, 1.165) is 22.5 Å². The molecule has 2 aliphatic carbocycles. The Hall–Kier alpha value is -1.18. The fourth-order valence-electron chi connectivity index (χ4n) is 1.64. The molecular formula is C9H8N2. The van der Waals surface area contributed by atoms with Crippen LogP contribution in [0.25, 0.3) is 12.2 Å². The van der Waals surface area contributed by atoms with Gasteiger partial charge in [0.05, 0.1) is 10.7 Å². The van der Waals surface area contributed by atoms with Crippen LogP contribution in [0.15, 0.2) is 12.4 Å². The molecule has 0 aromatic carbocycles. The summed E-state index contributed by atoms with van der Waals surface area (Å²) in [5.41, 5.74) is 0. The number of aromatic nitrogens is 2. The Kier molecular flexibility index (Phi) is 0.844. The number of hydrogen-bond donors (Lipinski definition) is 0. The molecule has 1 aromatic rings. The fraction of sp³-hybridized carbons (Fsp3) is 0.333. The summed E-state index contributed by atoms with van der Waals surface area (Å²) < 4.78 is 0. The predicted molar refractivity (Wildman–Crippen MR) is 41.8 cm³/mol. The van der Waals surface area contributed by atoms with Crippen LogP contribution in [-0.2, 0) is 0 Å². The van der Waals surface area contributed by atoms with E-state index in [4.69, 9.17) is 0 Å². The molecule has 0 aliphatic heterocycles. The van der Waals surface area contributed by atoms with Crippen molar-refractivity contribution in [3.63, 3.8) is 0 Å². The van der Waals surface area contributed by atoms with E-state index in [0.29, 0.717) is 0 Å². The molecule has 2 atom stereocenters. The average Bonchev–Trinajstić information content (AvgIpc) is 2.77. The van der Waals surface area contributed by atoms with E-state index in [2.05, 4.69) is 22.1 Å². The van der Waals surface area contributed by atoms with Crippen molar-refractivity contribution in [3.05, 3.63) is 23.1 Å². The van der Waals surface area contributed by atoms with E-state index in [1.807, 2.05) is 0 Å². The third-order valence-electron chi connectivity index (χ3n) is 2.39. The molecule has 2 nitrogen and oxygen atoms in total. The van der Waals surface area contributed by atoms with Gasteiger partial charge in [0.1, 0.15) is 0 Å². The van der Waals surface area contributed by atoms with Crippen LogP contribution in [0.1, 0.15) is 6.42 Å². The molecule has 2 heteroatoms. The van der Waals surface area contributed by atoms with Gasteiger partial charge in [-0.25, -0.2) is 0 Å². The molecule has 2 unspecified atom stereocenters. The third kappa shape index (κ3) is 0.723. The van der Waals surface area contributed by atoms with Crippen molar-refractivity contribution in [1.82, 2.24) is 9.97 Å². The van der Waals surface area contributed by atoms with E-state index >= 15 is 0 Å². The van der Waals surface area contributed by atoms with E-state index < -0.39 is 0 Å². The van der Waals surface area contributed by atoms with Gasteiger partial charge in [-0.1, -0.05) is 12.2 Å². The zero-order valence-electron chi connectivity index (χ0n) is 6.07. The normalized spacial score (nSPS) is 30.9. The lowest BCUT2D eigenvalue weighted by Gasteiger charge is -1.94. The maximum Gasteiger partial charge on any atom is 0.0846 e. The lowest BCUT2D eigenvalue weighted by Crippen LogP contribution is -2.32. The Labute approximate surface area is 64.3 Å². The highest BCUT2D eigenvalue weighted by Crippen LogP contribution is 2.41. The van der Waals surface area contributed by atoms with Gasteiger partial charge in [-0.2, -0.15) is 0 Å². The molecule has 1 aromatic heterocycles. The molecule has 0 radical (unpaired) electrons. The minimum atomic E-state index is 0.777. The summed E-state index contributed by atoms with van der Waals surface area (Å²) in [5.74, 6) is 1.55. The van der Waals surface area contributed by atoms with Gasteiger partial charge < -0.3 is 0 Å². The van der Waals surface area contributed by atoms with Gasteiger partial charge in [0.2, 0.25) is 0 Å². The van der Waals surface area contributed by atoms with Crippen LogP contribution in [0.2, 0.25) is 0 Å². The van der Waals surface area contributed by atoms with Gasteiger partial charge in [0.15, 0.2) is 0 Å². The molecular weight excluding hydrogens is 136 g/mol. The summed E-state index contributed by atoms with van der Waals surface area (Å²) in [4.78, 5) is 8.49. The van der Waals surface area contributed by atoms with Gasteiger partial charge in [-0.05, 0) is 18.3 Å². The number of fused-ring (bicyclic) bond motifs is 2. The molecule has 1 heterocycles. The van der Waals surface area contributed by atoms with Crippen molar-refractivity contribution >= 4 is 12.2 Å². The summed E-state index contributed by atoms with van der Waals surface area (Å²) >= 11 is 0.